The molecular weight excluding hydrogens is 450 g/mol. The summed E-state index contributed by atoms with van der Waals surface area (Å²) in [5, 5.41) is 18.3. The van der Waals surface area contributed by atoms with Crippen molar-refractivity contribution in [3.63, 3.8) is 0 Å². The molecule has 0 aliphatic heterocycles. The number of halogens is 12. The first-order valence-corrected chi connectivity index (χ1v) is 6.62. The molecule has 0 saturated heterocycles. The highest BCUT2D eigenvalue weighted by Gasteiger charge is 2.80. The molecule has 17 heteroatoms. The molecule has 1 rings (SSSR count). The predicted molar refractivity (Wildman–Crippen MR) is 65.3 cm³/mol. The maximum Gasteiger partial charge on any atom is 0.381 e. The lowest BCUT2D eigenvalue weighted by Gasteiger charge is -2.35. The summed E-state index contributed by atoms with van der Waals surface area (Å²) in [7, 11) is 0. The van der Waals surface area contributed by atoms with Crippen molar-refractivity contribution in [1.29, 1.82) is 0 Å². The van der Waals surface area contributed by atoms with Crippen molar-refractivity contribution in [3.05, 3.63) is 33.4 Å². The minimum absolute atomic E-state index is 1.99. The van der Waals surface area contributed by atoms with Crippen LogP contribution in [0.1, 0.15) is 0 Å². The molecule has 5 nitrogen and oxygen atoms in total. The summed E-state index contributed by atoms with van der Waals surface area (Å²) in [5.74, 6) is -40.4. The van der Waals surface area contributed by atoms with Gasteiger partial charge in [-0.25, -0.2) is 0 Å². The third-order valence-electron chi connectivity index (χ3n) is 3.29. The van der Waals surface area contributed by atoms with Crippen molar-refractivity contribution in [2.24, 2.45) is 0 Å². The van der Waals surface area contributed by atoms with Crippen LogP contribution in [0.25, 0.3) is 0 Å². The number of ether oxygens (including phenoxy) is 1. The fraction of sp³-hybridized carbons (Fsp3) is 0.500. The molecule has 0 aliphatic rings. The number of aliphatic hydroxyl groups excluding tert-OH is 1. The van der Waals surface area contributed by atoms with Gasteiger partial charge in [0.25, 0.3) is 0 Å². The molecule has 0 bridgehead atoms. The summed E-state index contributed by atoms with van der Waals surface area (Å²) in [6, 6.07) is 0. The first kappa shape index (κ1) is 24.6. The molecule has 0 amide bonds. The Bertz CT molecular complexity index is 784. The molecule has 0 spiro atoms. The topological polar surface area (TPSA) is 72.6 Å². The van der Waals surface area contributed by atoms with E-state index in [1.165, 1.54) is 0 Å². The molecule has 0 heterocycles. The van der Waals surface area contributed by atoms with Crippen LogP contribution in [0, 0.1) is 33.4 Å². The van der Waals surface area contributed by atoms with Gasteiger partial charge in [-0.1, -0.05) is 0 Å². The molecule has 0 atom stereocenters. The maximum absolute atomic E-state index is 13.5. The van der Waals surface area contributed by atoms with Crippen LogP contribution in [0.5, 0.6) is 5.75 Å². The Morgan fingerprint density at radius 2 is 1.17 bits per heavy atom. The Labute approximate surface area is 150 Å². The lowest BCUT2D eigenvalue weighted by molar-refractivity contribution is -0.390. The molecule has 1 aromatic rings. The van der Waals surface area contributed by atoms with Gasteiger partial charge in [0.2, 0.25) is 23.3 Å². The van der Waals surface area contributed by atoms with E-state index in [0.29, 0.717) is 0 Å². The van der Waals surface area contributed by atoms with E-state index in [-0.39, 0.29) is 0 Å². The van der Waals surface area contributed by atoms with Crippen molar-refractivity contribution in [1.82, 2.24) is 0 Å². The molecule has 29 heavy (non-hydrogen) atoms. The average molecular weight is 455 g/mol. The summed E-state index contributed by atoms with van der Waals surface area (Å²) < 4.78 is 162. The van der Waals surface area contributed by atoms with E-state index in [9.17, 15) is 62.8 Å². The van der Waals surface area contributed by atoms with Crippen LogP contribution in [0.2, 0.25) is 0 Å². The monoisotopic (exact) mass is 455 g/mol. The van der Waals surface area contributed by atoms with E-state index >= 15 is 0 Å². The van der Waals surface area contributed by atoms with Gasteiger partial charge in [-0.15, -0.1) is 0 Å². The summed E-state index contributed by atoms with van der Waals surface area (Å²) >= 11 is 0. The lowest BCUT2D eigenvalue weighted by Crippen LogP contribution is -2.64. The molecule has 1 N–H and O–H groups in total. The van der Waals surface area contributed by atoms with Crippen LogP contribution in [-0.4, -0.2) is 46.9 Å². The average Bonchev–Trinajstić information content (AvgIpc) is 2.59. The third kappa shape index (κ3) is 3.74. The van der Waals surface area contributed by atoms with E-state index in [2.05, 4.69) is 4.74 Å². The highest BCUT2D eigenvalue weighted by Crippen LogP contribution is 2.52. The largest absolute Gasteiger partial charge is 0.481 e. The SMILES string of the molecule is O=[N+]([O-])c1c(F)c(F)c(OCC(F)(F)C(F)(F)C(F)(F)C(F)(F)CO)c(F)c1F. The highest BCUT2D eigenvalue weighted by atomic mass is 19.4. The molecule has 0 aliphatic carbocycles. The number of benzene rings is 1. The van der Waals surface area contributed by atoms with Crippen molar-refractivity contribution in [2.75, 3.05) is 13.2 Å². The molecule has 1 aromatic carbocycles. The van der Waals surface area contributed by atoms with E-state index in [1.807, 2.05) is 0 Å². The Hall–Kier alpha value is -2.46. The van der Waals surface area contributed by atoms with Gasteiger partial charge in [0, 0.05) is 0 Å². The van der Waals surface area contributed by atoms with E-state index in [4.69, 9.17) is 5.11 Å². The smallest absolute Gasteiger partial charge is 0.381 e. The Morgan fingerprint density at radius 3 is 1.52 bits per heavy atom. The second kappa shape index (κ2) is 7.42. The van der Waals surface area contributed by atoms with Gasteiger partial charge in [-0.3, -0.25) is 10.1 Å². The summed E-state index contributed by atoms with van der Waals surface area (Å²) in [6.07, 6.45) is 0. The number of nitro benzene ring substituents is 1. The van der Waals surface area contributed by atoms with Gasteiger partial charge >= 0.3 is 29.4 Å². The highest BCUT2D eigenvalue weighted by molar-refractivity contribution is 5.42. The van der Waals surface area contributed by atoms with E-state index in [1.54, 1.807) is 0 Å². The molecule has 0 fully saturated rings. The van der Waals surface area contributed by atoms with Gasteiger partial charge in [0.05, 0.1) is 4.92 Å². The van der Waals surface area contributed by atoms with Gasteiger partial charge in [0.15, 0.2) is 12.4 Å². The number of hydrogen-bond acceptors (Lipinski definition) is 4. The van der Waals surface area contributed by atoms with Crippen LogP contribution < -0.4 is 4.74 Å². The van der Waals surface area contributed by atoms with E-state index in [0.717, 1.165) is 0 Å². The minimum atomic E-state index is -7.02. The second-order valence-electron chi connectivity index (χ2n) is 5.20. The number of alkyl halides is 8. The first-order chi connectivity index (χ1) is 12.9. The van der Waals surface area contributed by atoms with Gasteiger partial charge in [0.1, 0.15) is 6.61 Å². The fourth-order valence-electron chi connectivity index (χ4n) is 1.70. The van der Waals surface area contributed by atoms with Crippen LogP contribution >= 0.6 is 0 Å². The van der Waals surface area contributed by atoms with Crippen molar-refractivity contribution >= 4 is 5.69 Å². The molecule has 0 saturated carbocycles. The molecule has 0 unspecified atom stereocenters. The summed E-state index contributed by atoms with van der Waals surface area (Å²) in [6.45, 7) is -6.24. The van der Waals surface area contributed by atoms with E-state index < -0.39 is 76.5 Å². The Kier molecular flexibility index (Phi) is 6.29. The van der Waals surface area contributed by atoms with Crippen molar-refractivity contribution in [2.45, 2.75) is 23.7 Å². The van der Waals surface area contributed by atoms with Gasteiger partial charge in [-0.2, -0.15) is 52.7 Å². The molecule has 0 radical (unpaired) electrons. The van der Waals surface area contributed by atoms with Crippen LogP contribution in [0.3, 0.4) is 0 Å². The van der Waals surface area contributed by atoms with Gasteiger partial charge < -0.3 is 9.84 Å². The number of aliphatic hydroxyl groups is 1. The van der Waals surface area contributed by atoms with Crippen LogP contribution in [-0.2, 0) is 0 Å². The quantitative estimate of drug-likeness (QED) is 0.278. The summed E-state index contributed by atoms with van der Waals surface area (Å²) in [4.78, 5) is 8.31. The zero-order valence-electron chi connectivity index (χ0n) is 13.1. The number of hydrogen-bond donors (Lipinski definition) is 1. The Morgan fingerprint density at radius 1 is 0.793 bits per heavy atom. The maximum atomic E-state index is 13.5. The van der Waals surface area contributed by atoms with Crippen LogP contribution in [0.15, 0.2) is 0 Å². The molecular formula is C12H5F12NO4. The summed E-state index contributed by atoms with van der Waals surface area (Å²) in [5.41, 5.74) is -2.46. The first-order valence-electron chi connectivity index (χ1n) is 6.62. The third-order valence-corrected chi connectivity index (χ3v) is 3.29. The minimum Gasteiger partial charge on any atom is -0.481 e. The standard InChI is InChI=1S/C12H5F12NO4/c13-3-5(15)8(6(16)4(14)7(3)25(27)28)29-2-10(19,20)12(23,24)11(21,22)9(17,18)1-26/h26H,1-2H2. The van der Waals surface area contributed by atoms with Crippen molar-refractivity contribution in [3.8, 4) is 5.75 Å². The zero-order valence-corrected chi connectivity index (χ0v) is 13.1. The normalized spacial score (nSPS) is 13.6. The zero-order chi connectivity index (χ0) is 23.2. The lowest BCUT2D eigenvalue weighted by atomic mass is 9.99. The Balaban J connectivity index is 3.35. The number of nitro groups is 1. The van der Waals surface area contributed by atoms with Crippen molar-refractivity contribution < 1.29 is 67.5 Å². The molecule has 166 valence electrons. The van der Waals surface area contributed by atoms with Crippen LogP contribution in [0.4, 0.5) is 58.4 Å². The van der Waals surface area contributed by atoms with Gasteiger partial charge in [-0.05, 0) is 0 Å². The molecule has 0 aromatic heterocycles. The fourth-order valence-corrected chi connectivity index (χ4v) is 1.70. The number of nitrogens with zero attached hydrogens (tertiary/aromatic N) is 1. The second-order valence-corrected chi connectivity index (χ2v) is 5.20. The number of rotatable bonds is 8. The predicted octanol–water partition coefficient (Wildman–Crippen LogP) is 4.06.